The average Bonchev–Trinajstić information content (AvgIpc) is 2.67. The summed E-state index contributed by atoms with van der Waals surface area (Å²) < 4.78 is 5.33. The van der Waals surface area contributed by atoms with E-state index in [2.05, 4.69) is 42.2 Å². The van der Waals surface area contributed by atoms with Gasteiger partial charge >= 0.3 is 0 Å². The molecule has 2 aromatic carbocycles. The molecular weight excluding hydrogens is 312 g/mol. The van der Waals surface area contributed by atoms with Gasteiger partial charge in [-0.3, -0.25) is 9.69 Å². The van der Waals surface area contributed by atoms with Crippen LogP contribution in [0.5, 0.6) is 5.75 Å². The van der Waals surface area contributed by atoms with Crippen LogP contribution in [0.3, 0.4) is 0 Å². The summed E-state index contributed by atoms with van der Waals surface area (Å²) in [7, 11) is 1.68. The molecule has 0 spiro atoms. The van der Waals surface area contributed by atoms with E-state index < -0.39 is 0 Å². The number of methoxy groups -OCH3 is 1. The third-order valence-electron chi connectivity index (χ3n) is 5.54. The van der Waals surface area contributed by atoms with Crippen molar-refractivity contribution in [2.75, 3.05) is 25.1 Å². The molecule has 0 radical (unpaired) electrons. The second kappa shape index (κ2) is 6.52. The summed E-state index contributed by atoms with van der Waals surface area (Å²) >= 11 is 0. The minimum atomic E-state index is 0.199. The summed E-state index contributed by atoms with van der Waals surface area (Å²) in [5.41, 5.74) is 3.55. The molecular formula is C21H24N2O2. The Morgan fingerprint density at radius 2 is 1.96 bits per heavy atom. The lowest BCUT2D eigenvalue weighted by Crippen LogP contribution is -2.58. The number of nitrogens with zero attached hydrogens (tertiary/aromatic N) is 2. The number of aryl methyl sites for hydroxylation is 1. The molecule has 2 aromatic rings. The quantitative estimate of drug-likeness (QED) is 0.861. The van der Waals surface area contributed by atoms with E-state index in [0.29, 0.717) is 6.54 Å². The fourth-order valence-corrected chi connectivity index (χ4v) is 4.11. The molecule has 2 heterocycles. The van der Waals surface area contributed by atoms with E-state index in [0.717, 1.165) is 30.8 Å². The Kier molecular flexibility index (Phi) is 4.22. The Morgan fingerprint density at radius 1 is 1.16 bits per heavy atom. The van der Waals surface area contributed by atoms with Crippen LogP contribution in [0.1, 0.15) is 30.5 Å². The number of hydrogen-bond acceptors (Lipinski definition) is 3. The highest BCUT2D eigenvalue weighted by atomic mass is 16.5. The van der Waals surface area contributed by atoms with Gasteiger partial charge in [0.2, 0.25) is 5.91 Å². The van der Waals surface area contributed by atoms with E-state index in [4.69, 9.17) is 4.74 Å². The van der Waals surface area contributed by atoms with Crippen molar-refractivity contribution in [3.8, 4) is 5.75 Å². The molecule has 1 fully saturated rings. The summed E-state index contributed by atoms with van der Waals surface area (Å²) in [4.78, 5) is 17.3. The van der Waals surface area contributed by atoms with Gasteiger partial charge in [-0.15, -0.1) is 0 Å². The standard InChI is InChI=1S/C21H24N2O2/c1-15(16-6-4-3-5-7-16)22-13-18-9-8-17-12-19(25-2)10-11-20(17)23(18)21(24)14-22/h3-7,10-12,15,18H,8-9,13-14H2,1-2H3/t15-,18+/m0/s1. The van der Waals surface area contributed by atoms with E-state index in [1.54, 1.807) is 7.11 Å². The van der Waals surface area contributed by atoms with Gasteiger partial charge in [0.15, 0.2) is 0 Å². The Morgan fingerprint density at radius 3 is 2.72 bits per heavy atom. The van der Waals surface area contributed by atoms with Gasteiger partial charge in [0, 0.05) is 18.3 Å². The maximum Gasteiger partial charge on any atom is 0.241 e. The number of rotatable bonds is 3. The summed E-state index contributed by atoms with van der Waals surface area (Å²) in [6, 6.07) is 17.0. The predicted molar refractivity (Wildman–Crippen MR) is 99.0 cm³/mol. The van der Waals surface area contributed by atoms with Gasteiger partial charge < -0.3 is 9.64 Å². The first kappa shape index (κ1) is 16.2. The van der Waals surface area contributed by atoms with E-state index in [1.807, 2.05) is 23.1 Å². The molecule has 1 amide bonds. The lowest BCUT2D eigenvalue weighted by Gasteiger charge is -2.46. The topological polar surface area (TPSA) is 32.8 Å². The Labute approximate surface area is 149 Å². The average molecular weight is 336 g/mol. The van der Waals surface area contributed by atoms with E-state index >= 15 is 0 Å². The van der Waals surface area contributed by atoms with Crippen molar-refractivity contribution in [1.29, 1.82) is 0 Å². The molecule has 0 bridgehead atoms. The third-order valence-corrected chi connectivity index (χ3v) is 5.54. The van der Waals surface area contributed by atoms with Crippen molar-refractivity contribution in [2.45, 2.75) is 31.8 Å². The van der Waals surface area contributed by atoms with Gasteiger partial charge in [-0.1, -0.05) is 30.3 Å². The number of piperazine rings is 1. The van der Waals surface area contributed by atoms with Crippen molar-refractivity contribution >= 4 is 11.6 Å². The van der Waals surface area contributed by atoms with Crippen LogP contribution in [-0.2, 0) is 11.2 Å². The number of carbonyl (C=O) groups is 1. The van der Waals surface area contributed by atoms with Crippen molar-refractivity contribution in [1.82, 2.24) is 4.90 Å². The second-order valence-electron chi connectivity index (χ2n) is 6.97. The Balaban J connectivity index is 1.58. The summed E-state index contributed by atoms with van der Waals surface area (Å²) in [6.07, 6.45) is 2.00. The number of benzene rings is 2. The fourth-order valence-electron chi connectivity index (χ4n) is 4.11. The van der Waals surface area contributed by atoms with E-state index in [9.17, 15) is 4.79 Å². The van der Waals surface area contributed by atoms with Crippen molar-refractivity contribution in [3.63, 3.8) is 0 Å². The number of anilines is 1. The van der Waals surface area contributed by atoms with Crippen LogP contribution >= 0.6 is 0 Å². The van der Waals surface area contributed by atoms with Gasteiger partial charge in [0.25, 0.3) is 0 Å². The molecule has 2 aliphatic heterocycles. The van der Waals surface area contributed by atoms with Crippen molar-refractivity contribution in [2.24, 2.45) is 0 Å². The highest BCUT2D eigenvalue weighted by Gasteiger charge is 2.38. The molecule has 0 unspecified atom stereocenters. The monoisotopic (exact) mass is 336 g/mol. The van der Waals surface area contributed by atoms with Crippen LogP contribution < -0.4 is 9.64 Å². The highest BCUT2D eigenvalue weighted by Crippen LogP contribution is 2.36. The summed E-state index contributed by atoms with van der Waals surface area (Å²) in [5.74, 6) is 1.06. The number of amides is 1. The SMILES string of the molecule is COc1ccc2c(c1)CC[C@@H]1CN([C@@H](C)c3ccccc3)CC(=O)N21. The normalized spacial score (nSPS) is 21.4. The molecule has 130 valence electrons. The largest absolute Gasteiger partial charge is 0.497 e. The molecule has 0 aliphatic carbocycles. The highest BCUT2D eigenvalue weighted by molar-refractivity contribution is 5.97. The zero-order chi connectivity index (χ0) is 17.4. The van der Waals surface area contributed by atoms with Crippen molar-refractivity contribution < 1.29 is 9.53 Å². The smallest absolute Gasteiger partial charge is 0.241 e. The first-order valence-electron chi connectivity index (χ1n) is 8.95. The lowest BCUT2D eigenvalue weighted by atomic mass is 9.92. The number of fused-ring (bicyclic) bond motifs is 3. The maximum absolute atomic E-state index is 12.9. The van der Waals surface area contributed by atoms with Gasteiger partial charge in [-0.25, -0.2) is 0 Å². The first-order valence-corrected chi connectivity index (χ1v) is 8.95. The summed E-state index contributed by atoms with van der Waals surface area (Å²) in [5, 5.41) is 0. The van der Waals surface area contributed by atoms with E-state index in [1.165, 1.54) is 11.1 Å². The summed E-state index contributed by atoms with van der Waals surface area (Å²) in [6.45, 7) is 3.59. The Hall–Kier alpha value is -2.33. The Bertz CT molecular complexity index is 775. The molecule has 25 heavy (non-hydrogen) atoms. The molecule has 4 rings (SSSR count). The van der Waals surface area contributed by atoms with Crippen LogP contribution in [0.2, 0.25) is 0 Å². The van der Waals surface area contributed by atoms with Crippen LogP contribution in [0.15, 0.2) is 48.5 Å². The molecule has 4 heteroatoms. The molecule has 0 aromatic heterocycles. The van der Waals surface area contributed by atoms with Gasteiger partial charge in [-0.2, -0.15) is 0 Å². The van der Waals surface area contributed by atoms with Crippen LogP contribution in [0.4, 0.5) is 5.69 Å². The van der Waals surface area contributed by atoms with Crippen LogP contribution in [0, 0.1) is 0 Å². The van der Waals surface area contributed by atoms with Crippen LogP contribution in [-0.4, -0.2) is 37.0 Å². The zero-order valence-corrected chi connectivity index (χ0v) is 14.8. The number of hydrogen-bond donors (Lipinski definition) is 0. The lowest BCUT2D eigenvalue weighted by molar-refractivity contribution is -0.123. The predicted octanol–water partition coefficient (Wildman–Crippen LogP) is 3.42. The number of ether oxygens (including phenoxy) is 1. The number of carbonyl (C=O) groups excluding carboxylic acids is 1. The zero-order valence-electron chi connectivity index (χ0n) is 14.8. The molecule has 1 saturated heterocycles. The second-order valence-corrected chi connectivity index (χ2v) is 6.97. The molecule has 0 N–H and O–H groups in total. The van der Waals surface area contributed by atoms with Gasteiger partial charge in [-0.05, 0) is 49.1 Å². The molecule has 0 saturated carbocycles. The first-order chi connectivity index (χ1) is 12.2. The third kappa shape index (κ3) is 2.91. The molecule has 2 aliphatic rings. The van der Waals surface area contributed by atoms with Gasteiger partial charge in [0.1, 0.15) is 5.75 Å². The minimum Gasteiger partial charge on any atom is -0.497 e. The minimum absolute atomic E-state index is 0.199. The molecule has 2 atom stereocenters. The van der Waals surface area contributed by atoms with Crippen LogP contribution in [0.25, 0.3) is 0 Å². The van der Waals surface area contributed by atoms with Crippen molar-refractivity contribution in [3.05, 3.63) is 59.7 Å². The maximum atomic E-state index is 12.9. The van der Waals surface area contributed by atoms with E-state index in [-0.39, 0.29) is 18.0 Å². The van der Waals surface area contributed by atoms with Gasteiger partial charge in [0.05, 0.1) is 19.7 Å². The fraction of sp³-hybridized carbons (Fsp3) is 0.381. The molecule has 4 nitrogen and oxygen atoms in total.